The average Bonchev–Trinajstić information content (AvgIpc) is 3.09. The first-order valence-corrected chi connectivity index (χ1v) is 7.26. The van der Waals surface area contributed by atoms with Crippen LogP contribution >= 0.6 is 0 Å². The van der Waals surface area contributed by atoms with E-state index in [-0.39, 0.29) is 11.5 Å². The van der Waals surface area contributed by atoms with Crippen molar-refractivity contribution >= 4 is 17.4 Å². The summed E-state index contributed by atoms with van der Waals surface area (Å²) < 4.78 is 7.12. The maximum Gasteiger partial charge on any atom is 0.339 e. The lowest BCUT2D eigenvalue weighted by Gasteiger charge is -2.15. The molecule has 0 unspecified atom stereocenters. The van der Waals surface area contributed by atoms with Crippen LogP contribution in [0, 0.1) is 0 Å². The normalized spacial score (nSPS) is 14.7. The highest BCUT2D eigenvalue weighted by Gasteiger charge is 2.19. The van der Waals surface area contributed by atoms with Crippen LogP contribution in [0.5, 0.6) is 5.75 Å². The van der Waals surface area contributed by atoms with Gasteiger partial charge in [0.25, 0.3) is 0 Å². The van der Waals surface area contributed by atoms with E-state index in [0.29, 0.717) is 30.8 Å². The highest BCUT2D eigenvalue weighted by atomic mass is 16.5. The summed E-state index contributed by atoms with van der Waals surface area (Å²) in [5.41, 5.74) is 0.696. The van der Waals surface area contributed by atoms with E-state index in [0.717, 1.165) is 19.4 Å². The number of likely N-dealkylation sites (tertiary alicyclic amines) is 1. The van der Waals surface area contributed by atoms with E-state index in [1.807, 2.05) is 4.90 Å². The van der Waals surface area contributed by atoms with Crippen LogP contribution in [0.2, 0.25) is 0 Å². The molecule has 1 aliphatic rings. The molecule has 2 aromatic heterocycles. The van der Waals surface area contributed by atoms with Gasteiger partial charge in [-0.3, -0.25) is 4.79 Å². The van der Waals surface area contributed by atoms with Crippen molar-refractivity contribution < 1.29 is 19.4 Å². The number of fused-ring (bicyclic) bond motifs is 1. The first-order valence-electron chi connectivity index (χ1n) is 7.26. The van der Waals surface area contributed by atoms with Gasteiger partial charge in [-0.1, -0.05) is 0 Å². The van der Waals surface area contributed by atoms with Gasteiger partial charge < -0.3 is 14.7 Å². The number of amides is 1. The molecule has 3 heterocycles. The molecule has 0 atom stereocenters. The number of aromatic nitrogens is 2. The summed E-state index contributed by atoms with van der Waals surface area (Å²) in [6.07, 6.45) is 5.34. The van der Waals surface area contributed by atoms with E-state index >= 15 is 0 Å². The van der Waals surface area contributed by atoms with Crippen molar-refractivity contribution in [2.75, 3.05) is 19.7 Å². The Morgan fingerprint density at radius 3 is 3.00 bits per heavy atom. The molecule has 0 aromatic carbocycles. The third-order valence-corrected chi connectivity index (χ3v) is 3.73. The first kappa shape index (κ1) is 14.4. The number of rotatable bonds is 6. The Morgan fingerprint density at radius 2 is 2.27 bits per heavy atom. The minimum absolute atomic E-state index is 0.166. The fraction of sp³-hybridized carbons (Fsp3) is 0.400. The van der Waals surface area contributed by atoms with E-state index in [9.17, 15) is 9.59 Å². The summed E-state index contributed by atoms with van der Waals surface area (Å²) in [6.45, 7) is 2.06. The lowest BCUT2D eigenvalue weighted by molar-refractivity contribution is -0.127. The van der Waals surface area contributed by atoms with Crippen LogP contribution in [-0.2, 0) is 4.79 Å². The number of pyridine rings is 1. The largest absolute Gasteiger partial charge is 0.492 e. The van der Waals surface area contributed by atoms with Crippen LogP contribution in [-0.4, -0.2) is 51.2 Å². The van der Waals surface area contributed by atoms with Gasteiger partial charge in [0.2, 0.25) is 5.91 Å². The molecule has 0 radical (unpaired) electrons. The van der Waals surface area contributed by atoms with E-state index < -0.39 is 5.97 Å². The molecule has 1 saturated heterocycles. The second-order valence-electron chi connectivity index (χ2n) is 5.24. The van der Waals surface area contributed by atoms with Crippen molar-refractivity contribution in [3.63, 3.8) is 0 Å². The number of carbonyl (C=O) groups excluding carboxylic acids is 1. The highest BCUT2D eigenvalue weighted by molar-refractivity contribution is 5.95. The van der Waals surface area contributed by atoms with Crippen LogP contribution in [0.1, 0.15) is 29.6 Å². The predicted octanol–water partition coefficient (Wildman–Crippen LogP) is 1.42. The Hall–Kier alpha value is -2.57. The molecule has 0 saturated carbocycles. The van der Waals surface area contributed by atoms with Gasteiger partial charge in [0.1, 0.15) is 11.3 Å². The smallest absolute Gasteiger partial charge is 0.339 e. The molecule has 2 aromatic rings. The average molecular weight is 303 g/mol. The molecule has 3 rings (SSSR count). The van der Waals surface area contributed by atoms with Gasteiger partial charge in [-0.05, 0) is 25.0 Å². The van der Waals surface area contributed by atoms with Crippen LogP contribution in [0.25, 0.3) is 5.52 Å². The van der Waals surface area contributed by atoms with E-state index in [1.54, 1.807) is 18.3 Å². The Bertz CT molecular complexity index is 710. The van der Waals surface area contributed by atoms with E-state index in [2.05, 4.69) is 5.10 Å². The number of aromatic carboxylic acids is 1. The quantitative estimate of drug-likeness (QED) is 0.816. The van der Waals surface area contributed by atoms with Gasteiger partial charge >= 0.3 is 5.97 Å². The zero-order valence-electron chi connectivity index (χ0n) is 12.1. The SMILES string of the molecule is O=C(O)c1cnn2cc(OCCCN3CCCC3=O)ccc12. The Labute approximate surface area is 127 Å². The molecular weight excluding hydrogens is 286 g/mol. The number of hydrogen-bond acceptors (Lipinski definition) is 4. The first-order chi connectivity index (χ1) is 10.6. The van der Waals surface area contributed by atoms with E-state index in [4.69, 9.17) is 9.84 Å². The maximum atomic E-state index is 11.5. The Balaban J connectivity index is 1.55. The predicted molar refractivity (Wildman–Crippen MR) is 78.1 cm³/mol. The third-order valence-electron chi connectivity index (χ3n) is 3.73. The van der Waals surface area contributed by atoms with E-state index in [1.165, 1.54) is 10.7 Å². The Kier molecular flexibility index (Phi) is 3.95. The molecule has 0 bridgehead atoms. The van der Waals surface area contributed by atoms with Crippen LogP contribution in [0.3, 0.4) is 0 Å². The molecule has 22 heavy (non-hydrogen) atoms. The van der Waals surface area contributed by atoms with Gasteiger partial charge in [0.05, 0.1) is 24.5 Å². The lowest BCUT2D eigenvalue weighted by atomic mass is 10.2. The third kappa shape index (κ3) is 2.88. The van der Waals surface area contributed by atoms with Crippen molar-refractivity contribution in [2.24, 2.45) is 0 Å². The van der Waals surface area contributed by atoms with Crippen molar-refractivity contribution in [3.05, 3.63) is 30.1 Å². The van der Waals surface area contributed by atoms with Crippen molar-refractivity contribution in [1.29, 1.82) is 0 Å². The van der Waals surface area contributed by atoms with Crippen molar-refractivity contribution in [1.82, 2.24) is 14.5 Å². The summed E-state index contributed by atoms with van der Waals surface area (Å²) in [4.78, 5) is 24.3. The minimum atomic E-state index is -1.00. The number of nitrogens with zero attached hydrogens (tertiary/aromatic N) is 3. The molecule has 1 aliphatic heterocycles. The molecule has 1 amide bonds. The second-order valence-corrected chi connectivity index (χ2v) is 5.24. The zero-order chi connectivity index (χ0) is 15.5. The molecule has 7 heteroatoms. The molecule has 0 aliphatic carbocycles. The number of ether oxygens (including phenoxy) is 1. The number of carboxylic acids is 1. The number of hydrogen-bond donors (Lipinski definition) is 1. The summed E-state index contributed by atoms with van der Waals surface area (Å²) in [7, 11) is 0. The van der Waals surface area contributed by atoms with Gasteiger partial charge in [0, 0.05) is 19.5 Å². The molecule has 0 spiro atoms. The molecule has 7 nitrogen and oxygen atoms in total. The lowest BCUT2D eigenvalue weighted by Crippen LogP contribution is -2.26. The van der Waals surface area contributed by atoms with Crippen LogP contribution < -0.4 is 4.74 Å². The van der Waals surface area contributed by atoms with Crippen molar-refractivity contribution in [2.45, 2.75) is 19.3 Å². The van der Waals surface area contributed by atoms with Crippen LogP contribution in [0.4, 0.5) is 0 Å². The molecule has 1 fully saturated rings. The van der Waals surface area contributed by atoms with Gasteiger partial charge in [0.15, 0.2) is 0 Å². The zero-order valence-corrected chi connectivity index (χ0v) is 12.1. The molecule has 116 valence electrons. The van der Waals surface area contributed by atoms with Crippen LogP contribution in [0.15, 0.2) is 24.5 Å². The molecular formula is C15H17N3O4. The highest BCUT2D eigenvalue weighted by Crippen LogP contribution is 2.17. The number of carbonyl (C=O) groups is 2. The summed E-state index contributed by atoms with van der Waals surface area (Å²) >= 11 is 0. The topological polar surface area (TPSA) is 84.1 Å². The van der Waals surface area contributed by atoms with Gasteiger partial charge in [-0.2, -0.15) is 5.10 Å². The second kappa shape index (κ2) is 6.05. The Morgan fingerprint density at radius 1 is 1.41 bits per heavy atom. The monoisotopic (exact) mass is 303 g/mol. The fourth-order valence-corrected chi connectivity index (χ4v) is 2.60. The van der Waals surface area contributed by atoms with Crippen molar-refractivity contribution in [3.8, 4) is 5.75 Å². The fourth-order valence-electron chi connectivity index (χ4n) is 2.60. The summed E-state index contributed by atoms with van der Waals surface area (Å²) in [5.74, 6) is -0.154. The standard InChI is InChI=1S/C15H17N3O4/c19-14-3-1-6-17(14)7-2-8-22-11-4-5-13-12(15(20)21)9-16-18(13)10-11/h4-5,9-10H,1-3,6-8H2,(H,20,21). The maximum absolute atomic E-state index is 11.5. The van der Waals surface area contributed by atoms with Gasteiger partial charge in [-0.15, -0.1) is 0 Å². The number of carboxylic acid groups (broad SMARTS) is 1. The summed E-state index contributed by atoms with van der Waals surface area (Å²) in [5, 5.41) is 13.0. The van der Waals surface area contributed by atoms with Gasteiger partial charge in [-0.25, -0.2) is 9.31 Å². The summed E-state index contributed by atoms with van der Waals surface area (Å²) in [6, 6.07) is 3.40. The minimum Gasteiger partial charge on any atom is -0.492 e. The molecule has 1 N–H and O–H groups in total.